The minimum atomic E-state index is -1.28. The molecule has 0 aliphatic heterocycles. The Hall–Kier alpha value is -4.57. The van der Waals surface area contributed by atoms with Gasteiger partial charge in [-0.25, -0.2) is 4.79 Å². The van der Waals surface area contributed by atoms with Gasteiger partial charge in [-0.1, -0.05) is 62.3 Å². The number of phenols is 1. The van der Waals surface area contributed by atoms with E-state index in [-0.39, 0.29) is 36.6 Å². The van der Waals surface area contributed by atoms with Crippen molar-refractivity contribution in [2.45, 2.75) is 71.3 Å². The number of rotatable bonds is 14. The van der Waals surface area contributed by atoms with Crippen LogP contribution in [0.15, 0.2) is 66.7 Å². The second kappa shape index (κ2) is 15.9. The van der Waals surface area contributed by atoms with Crippen LogP contribution in [-0.2, 0) is 22.6 Å². The van der Waals surface area contributed by atoms with Gasteiger partial charge in [-0.15, -0.1) is 0 Å². The first kappa shape index (κ1) is 31.0. The van der Waals surface area contributed by atoms with Gasteiger partial charge in [-0.3, -0.25) is 9.59 Å². The number of carboxylic acid groups (broad SMARTS) is 2. The summed E-state index contributed by atoms with van der Waals surface area (Å²) in [5.41, 5.74) is 4.02. The van der Waals surface area contributed by atoms with Crippen LogP contribution in [0.2, 0.25) is 0 Å². The molecule has 0 aromatic heterocycles. The van der Waals surface area contributed by atoms with Crippen molar-refractivity contribution in [2.24, 2.45) is 0 Å². The van der Waals surface area contributed by atoms with Gasteiger partial charge in [0.25, 0.3) is 0 Å². The fraction of sp³-hybridized carbons (Fsp3) is 0.324. The summed E-state index contributed by atoms with van der Waals surface area (Å²) in [6, 6.07) is 20.0. The lowest BCUT2D eigenvalue weighted by molar-refractivity contribution is -0.137. The lowest BCUT2D eigenvalue weighted by Crippen LogP contribution is -2.30. The number of hydrogen-bond donors (Lipinski definition) is 3. The first-order valence-corrected chi connectivity index (χ1v) is 14.0. The largest absolute Gasteiger partial charge is 0.507 e. The molecule has 0 aliphatic carbocycles. The normalized spacial score (nSPS) is 10.5. The SMILES string of the molecule is CCCCc1ccc(C#Cc2ccc(CN(C(=O)CCCCCCC(=O)O)c3ccc(O)c(C(=O)O)c3)cc2)cc1. The number of carboxylic acids is 2. The third-order valence-corrected chi connectivity index (χ3v) is 6.77. The van der Waals surface area contributed by atoms with Crippen LogP contribution in [0.4, 0.5) is 5.69 Å². The zero-order chi connectivity index (χ0) is 29.6. The van der Waals surface area contributed by atoms with E-state index in [1.807, 2.05) is 36.4 Å². The molecule has 3 N–H and O–H groups in total. The molecular weight excluding hydrogens is 518 g/mol. The van der Waals surface area contributed by atoms with Crippen molar-refractivity contribution in [2.75, 3.05) is 4.90 Å². The molecule has 3 rings (SSSR count). The van der Waals surface area contributed by atoms with Gasteiger partial charge in [-0.2, -0.15) is 0 Å². The molecule has 7 heteroatoms. The molecule has 3 aromatic carbocycles. The van der Waals surface area contributed by atoms with E-state index >= 15 is 0 Å². The van der Waals surface area contributed by atoms with Crippen molar-refractivity contribution in [1.29, 1.82) is 0 Å². The highest BCUT2D eigenvalue weighted by Gasteiger charge is 2.19. The summed E-state index contributed by atoms with van der Waals surface area (Å²) < 4.78 is 0. The molecule has 0 aliphatic rings. The highest BCUT2D eigenvalue weighted by Crippen LogP contribution is 2.27. The minimum absolute atomic E-state index is 0.108. The van der Waals surface area contributed by atoms with Crippen LogP contribution in [0.5, 0.6) is 5.75 Å². The summed E-state index contributed by atoms with van der Waals surface area (Å²) in [6.07, 6.45) is 6.33. The molecule has 41 heavy (non-hydrogen) atoms. The molecule has 7 nitrogen and oxygen atoms in total. The van der Waals surface area contributed by atoms with Crippen LogP contribution in [0.3, 0.4) is 0 Å². The van der Waals surface area contributed by atoms with Crippen molar-refractivity contribution >= 4 is 23.5 Å². The van der Waals surface area contributed by atoms with Crippen molar-refractivity contribution in [3.63, 3.8) is 0 Å². The van der Waals surface area contributed by atoms with Gasteiger partial charge in [0.05, 0.1) is 6.54 Å². The summed E-state index contributed by atoms with van der Waals surface area (Å²) >= 11 is 0. The number of aliphatic carboxylic acids is 1. The number of hydrogen-bond acceptors (Lipinski definition) is 4. The van der Waals surface area contributed by atoms with Crippen LogP contribution >= 0.6 is 0 Å². The summed E-state index contributed by atoms with van der Waals surface area (Å²) in [4.78, 5) is 37.1. The molecule has 0 bridgehead atoms. The maximum atomic E-state index is 13.3. The van der Waals surface area contributed by atoms with E-state index in [9.17, 15) is 24.6 Å². The number of aryl methyl sites for hydroxylation is 1. The number of carbonyl (C=O) groups excluding carboxylic acids is 1. The third-order valence-electron chi connectivity index (χ3n) is 6.77. The van der Waals surface area contributed by atoms with Crippen LogP contribution in [0, 0.1) is 11.8 Å². The zero-order valence-electron chi connectivity index (χ0n) is 23.4. The predicted octanol–water partition coefficient (Wildman–Crippen LogP) is 6.79. The fourth-order valence-electron chi connectivity index (χ4n) is 4.38. The first-order chi connectivity index (χ1) is 19.8. The average molecular weight is 556 g/mol. The van der Waals surface area contributed by atoms with E-state index in [0.29, 0.717) is 24.9 Å². The standard InChI is InChI=1S/C34H37NO6/c1-2-3-8-25-11-13-26(14-12-25)15-16-27-17-19-28(20-18-27)24-35(29-21-22-31(36)30(23-29)34(40)41)32(37)9-6-4-5-7-10-33(38)39/h11-14,17-23,36H,2-10,24H2,1H3,(H,38,39)(H,40,41). The second-order valence-electron chi connectivity index (χ2n) is 10.0. The molecule has 0 heterocycles. The van der Waals surface area contributed by atoms with Gasteiger partial charge in [0.15, 0.2) is 0 Å². The van der Waals surface area contributed by atoms with Gasteiger partial charge < -0.3 is 20.2 Å². The van der Waals surface area contributed by atoms with E-state index < -0.39 is 11.9 Å². The third kappa shape index (κ3) is 10.2. The molecule has 1 amide bonds. The molecule has 0 spiro atoms. The summed E-state index contributed by atoms with van der Waals surface area (Å²) in [5.74, 6) is 3.70. The van der Waals surface area contributed by atoms with Gasteiger partial charge in [0, 0.05) is 29.7 Å². The van der Waals surface area contributed by atoms with Crippen molar-refractivity contribution in [3.05, 3.63) is 94.5 Å². The highest BCUT2D eigenvalue weighted by molar-refractivity contribution is 5.97. The van der Waals surface area contributed by atoms with Gasteiger partial charge in [0.2, 0.25) is 5.91 Å². The number of unbranched alkanes of at least 4 members (excludes halogenated alkanes) is 4. The Morgan fingerprint density at radius 1 is 0.732 bits per heavy atom. The molecule has 0 saturated carbocycles. The number of amides is 1. The Morgan fingerprint density at radius 3 is 1.88 bits per heavy atom. The zero-order valence-corrected chi connectivity index (χ0v) is 23.4. The Labute approximate surface area is 241 Å². The van der Waals surface area contributed by atoms with Crippen LogP contribution in [-0.4, -0.2) is 33.2 Å². The minimum Gasteiger partial charge on any atom is -0.507 e. The second-order valence-corrected chi connectivity index (χ2v) is 10.0. The number of aromatic hydroxyl groups is 1. The van der Waals surface area contributed by atoms with Crippen molar-refractivity contribution in [3.8, 4) is 17.6 Å². The Balaban J connectivity index is 1.71. The van der Waals surface area contributed by atoms with Gasteiger partial charge in [0.1, 0.15) is 11.3 Å². The highest BCUT2D eigenvalue weighted by atomic mass is 16.4. The van der Waals surface area contributed by atoms with Crippen LogP contribution in [0.25, 0.3) is 0 Å². The molecule has 0 unspecified atom stereocenters. The number of carbonyl (C=O) groups is 3. The maximum absolute atomic E-state index is 13.3. The van der Waals surface area contributed by atoms with Crippen LogP contribution in [0.1, 0.15) is 90.9 Å². The van der Waals surface area contributed by atoms with Gasteiger partial charge in [-0.05, 0) is 79.3 Å². The molecular formula is C34H37NO6. The monoisotopic (exact) mass is 555 g/mol. The van der Waals surface area contributed by atoms with E-state index in [4.69, 9.17) is 5.11 Å². The number of aromatic carboxylic acids is 1. The van der Waals surface area contributed by atoms with E-state index in [0.717, 1.165) is 36.0 Å². The van der Waals surface area contributed by atoms with E-state index in [1.54, 1.807) is 0 Å². The summed E-state index contributed by atoms with van der Waals surface area (Å²) in [7, 11) is 0. The Kier molecular flexibility index (Phi) is 12.0. The number of nitrogens with zero attached hydrogens (tertiary/aromatic N) is 1. The quantitative estimate of drug-likeness (QED) is 0.149. The average Bonchev–Trinajstić information content (AvgIpc) is 2.96. The number of benzene rings is 3. The summed E-state index contributed by atoms with van der Waals surface area (Å²) in [6.45, 7) is 2.40. The molecule has 214 valence electrons. The lowest BCUT2D eigenvalue weighted by atomic mass is 10.1. The van der Waals surface area contributed by atoms with E-state index in [2.05, 4.69) is 30.9 Å². The lowest BCUT2D eigenvalue weighted by Gasteiger charge is -2.24. The molecule has 3 aromatic rings. The smallest absolute Gasteiger partial charge is 0.339 e. The Bertz CT molecular complexity index is 1380. The van der Waals surface area contributed by atoms with Crippen LogP contribution < -0.4 is 4.90 Å². The Morgan fingerprint density at radius 2 is 1.32 bits per heavy atom. The topological polar surface area (TPSA) is 115 Å². The van der Waals surface area contributed by atoms with Gasteiger partial charge >= 0.3 is 11.9 Å². The predicted molar refractivity (Wildman–Crippen MR) is 159 cm³/mol. The molecule has 0 saturated heterocycles. The maximum Gasteiger partial charge on any atom is 0.339 e. The first-order valence-electron chi connectivity index (χ1n) is 14.0. The van der Waals surface area contributed by atoms with Crippen molar-refractivity contribution in [1.82, 2.24) is 0 Å². The number of anilines is 1. The summed E-state index contributed by atoms with van der Waals surface area (Å²) in [5, 5.41) is 28.2. The van der Waals surface area contributed by atoms with E-state index in [1.165, 1.54) is 35.1 Å². The molecule has 0 radical (unpaired) electrons. The molecule has 0 fully saturated rings. The molecule has 0 atom stereocenters. The van der Waals surface area contributed by atoms with Crippen molar-refractivity contribution < 1.29 is 29.7 Å². The fourth-order valence-corrected chi connectivity index (χ4v) is 4.38.